The Kier molecular flexibility index (Phi) is 7.07. The van der Waals surface area contributed by atoms with Crippen LogP contribution in [0.25, 0.3) is 6.08 Å². The zero-order valence-electron chi connectivity index (χ0n) is 20.5. The van der Waals surface area contributed by atoms with Crippen molar-refractivity contribution in [2.75, 3.05) is 14.2 Å². The number of benzene rings is 2. The molecule has 0 saturated heterocycles. The number of nitrogens with zero attached hydrogens (tertiary/aromatic N) is 2. The number of rotatable bonds is 7. The van der Waals surface area contributed by atoms with E-state index in [9.17, 15) is 9.59 Å². The summed E-state index contributed by atoms with van der Waals surface area (Å²) < 4.78 is 18.6. The molecule has 0 spiro atoms. The van der Waals surface area contributed by atoms with Crippen molar-refractivity contribution in [3.05, 3.63) is 113 Å². The lowest BCUT2D eigenvalue weighted by Gasteiger charge is -2.23. The van der Waals surface area contributed by atoms with Crippen LogP contribution in [0, 0.1) is 0 Å². The van der Waals surface area contributed by atoms with Gasteiger partial charge in [0.05, 0.1) is 30.0 Å². The molecular weight excluding hydrogens is 508 g/mol. The summed E-state index contributed by atoms with van der Waals surface area (Å²) in [5.41, 5.74) is 2.23. The van der Waals surface area contributed by atoms with E-state index in [1.807, 2.05) is 53.9 Å². The topological polar surface area (TPSA) is 79.1 Å². The first-order valence-corrected chi connectivity index (χ1v) is 13.2. The molecule has 4 aromatic rings. The van der Waals surface area contributed by atoms with Crippen molar-refractivity contribution in [3.63, 3.8) is 0 Å². The molecule has 37 heavy (non-hydrogen) atoms. The van der Waals surface area contributed by atoms with Crippen molar-refractivity contribution in [1.82, 2.24) is 4.57 Å². The summed E-state index contributed by atoms with van der Waals surface area (Å²) in [6.45, 7) is 1.91. The second-order valence-electron chi connectivity index (χ2n) is 8.27. The average Bonchev–Trinajstić information content (AvgIpc) is 3.55. The quantitative estimate of drug-likeness (QED) is 0.336. The Hall–Kier alpha value is -3.95. The number of thiazole rings is 1. The predicted molar refractivity (Wildman–Crippen MR) is 144 cm³/mol. The fourth-order valence-corrected chi connectivity index (χ4v) is 6.05. The first-order valence-electron chi connectivity index (χ1n) is 11.5. The number of allylic oxidation sites excluding steroid dienone is 1. The van der Waals surface area contributed by atoms with E-state index >= 15 is 0 Å². The normalized spacial score (nSPS) is 15.2. The van der Waals surface area contributed by atoms with E-state index in [1.54, 1.807) is 43.9 Å². The number of aromatic nitrogens is 1. The molecule has 3 heterocycles. The van der Waals surface area contributed by atoms with Crippen LogP contribution in [0.3, 0.4) is 0 Å². The van der Waals surface area contributed by atoms with Gasteiger partial charge in [-0.2, -0.15) is 0 Å². The number of thiophene rings is 1. The lowest BCUT2D eigenvalue weighted by molar-refractivity contribution is -0.140. The zero-order valence-corrected chi connectivity index (χ0v) is 22.1. The molecule has 1 atom stereocenters. The number of hydrogen-bond donors (Lipinski definition) is 0. The fraction of sp³-hybridized carbons (Fsp3) is 0.179. The Labute approximate surface area is 221 Å². The molecule has 0 radical (unpaired) electrons. The summed E-state index contributed by atoms with van der Waals surface area (Å²) in [4.78, 5) is 33.2. The predicted octanol–water partition coefficient (Wildman–Crippen LogP) is 4.06. The van der Waals surface area contributed by atoms with Gasteiger partial charge in [0.25, 0.3) is 5.56 Å². The Balaban J connectivity index is 1.60. The van der Waals surface area contributed by atoms with Crippen LogP contribution < -0.4 is 24.4 Å². The van der Waals surface area contributed by atoms with E-state index < -0.39 is 12.0 Å². The number of ether oxygens (including phenoxy) is 3. The molecule has 1 aliphatic heterocycles. The minimum absolute atomic E-state index is 0.133. The van der Waals surface area contributed by atoms with Gasteiger partial charge in [0, 0.05) is 10.4 Å². The Morgan fingerprint density at radius 2 is 1.89 bits per heavy atom. The van der Waals surface area contributed by atoms with Gasteiger partial charge in [-0.15, -0.1) is 11.3 Å². The largest absolute Gasteiger partial charge is 0.497 e. The van der Waals surface area contributed by atoms with Crippen molar-refractivity contribution < 1.29 is 19.0 Å². The van der Waals surface area contributed by atoms with E-state index in [0.29, 0.717) is 37.7 Å². The van der Waals surface area contributed by atoms with Crippen LogP contribution in [0.5, 0.6) is 11.5 Å². The molecule has 0 aliphatic carbocycles. The molecule has 0 N–H and O–H groups in total. The van der Waals surface area contributed by atoms with Gasteiger partial charge in [0.2, 0.25) is 0 Å². The van der Waals surface area contributed by atoms with Crippen molar-refractivity contribution in [1.29, 1.82) is 0 Å². The number of hydrogen-bond acceptors (Lipinski definition) is 8. The number of carbonyl (C=O) groups excluding carboxylic acids is 1. The number of methoxy groups -OCH3 is 2. The van der Waals surface area contributed by atoms with Crippen LogP contribution in [0.15, 0.2) is 87.1 Å². The smallest absolute Gasteiger partial charge is 0.338 e. The highest BCUT2D eigenvalue weighted by Gasteiger charge is 2.34. The summed E-state index contributed by atoms with van der Waals surface area (Å²) in [7, 11) is 3.16. The molecule has 188 valence electrons. The highest BCUT2D eigenvalue weighted by molar-refractivity contribution is 7.10. The maximum absolute atomic E-state index is 13.8. The molecule has 5 rings (SSSR count). The van der Waals surface area contributed by atoms with Gasteiger partial charge in [0.1, 0.15) is 24.1 Å². The maximum Gasteiger partial charge on any atom is 0.338 e. The van der Waals surface area contributed by atoms with Gasteiger partial charge in [0.15, 0.2) is 4.80 Å². The number of carbonyl (C=O) groups is 1. The third-order valence-electron chi connectivity index (χ3n) is 5.99. The van der Waals surface area contributed by atoms with Gasteiger partial charge < -0.3 is 14.2 Å². The summed E-state index contributed by atoms with van der Waals surface area (Å²) >= 11 is 2.75. The Morgan fingerprint density at radius 1 is 1.08 bits per heavy atom. The molecule has 0 saturated carbocycles. The molecule has 1 aliphatic rings. The van der Waals surface area contributed by atoms with Gasteiger partial charge in [-0.3, -0.25) is 9.36 Å². The number of esters is 1. The molecule has 7 nitrogen and oxygen atoms in total. The third-order valence-corrected chi connectivity index (χ3v) is 7.90. The monoisotopic (exact) mass is 532 g/mol. The van der Waals surface area contributed by atoms with Crippen LogP contribution in [0.1, 0.15) is 29.0 Å². The van der Waals surface area contributed by atoms with E-state index in [-0.39, 0.29) is 12.2 Å². The Bertz CT molecular complexity index is 1650. The van der Waals surface area contributed by atoms with E-state index in [1.165, 1.54) is 22.7 Å². The van der Waals surface area contributed by atoms with E-state index in [4.69, 9.17) is 14.2 Å². The maximum atomic E-state index is 13.8. The second kappa shape index (κ2) is 10.6. The fourth-order valence-electron chi connectivity index (χ4n) is 4.19. The summed E-state index contributed by atoms with van der Waals surface area (Å²) in [6, 6.07) is 18.1. The first-order chi connectivity index (χ1) is 18.0. The molecule has 0 unspecified atom stereocenters. The van der Waals surface area contributed by atoms with Crippen molar-refractivity contribution in [2.45, 2.75) is 19.6 Å². The third kappa shape index (κ3) is 4.87. The van der Waals surface area contributed by atoms with E-state index in [0.717, 1.165) is 10.4 Å². The van der Waals surface area contributed by atoms with Gasteiger partial charge in [-0.1, -0.05) is 47.7 Å². The molecule has 0 bridgehead atoms. The standard InChI is InChI=1S/C28H24N2O5S2/c1-17-24(27(32)35-16-18-8-5-4-6-9-18)25(22-10-7-13-36-22)30-26(31)23(37-28(30)29-17)15-19-14-20(33-2)11-12-21(19)34-3/h4-15,25H,16H2,1-3H3/b23-15+/t25-/m0/s1. The van der Waals surface area contributed by atoms with Crippen LogP contribution >= 0.6 is 22.7 Å². The second-order valence-corrected chi connectivity index (χ2v) is 10.3. The van der Waals surface area contributed by atoms with Crippen molar-refractivity contribution in [2.24, 2.45) is 4.99 Å². The van der Waals surface area contributed by atoms with Crippen LogP contribution in [-0.4, -0.2) is 24.8 Å². The van der Waals surface area contributed by atoms with Crippen LogP contribution in [0.2, 0.25) is 0 Å². The summed E-state index contributed by atoms with van der Waals surface area (Å²) in [5, 5.41) is 1.93. The average molecular weight is 533 g/mol. The minimum Gasteiger partial charge on any atom is -0.497 e. The highest BCUT2D eigenvalue weighted by Crippen LogP contribution is 2.33. The van der Waals surface area contributed by atoms with Crippen LogP contribution in [-0.2, 0) is 16.1 Å². The summed E-state index contributed by atoms with van der Waals surface area (Å²) in [6.07, 6.45) is 1.77. The molecular formula is C28H24N2O5S2. The number of fused-ring (bicyclic) bond motifs is 1. The van der Waals surface area contributed by atoms with Crippen LogP contribution in [0.4, 0.5) is 0 Å². The zero-order chi connectivity index (χ0) is 25.9. The highest BCUT2D eigenvalue weighted by atomic mass is 32.1. The van der Waals surface area contributed by atoms with Crippen molar-refractivity contribution >= 4 is 34.7 Å². The van der Waals surface area contributed by atoms with Gasteiger partial charge >= 0.3 is 5.97 Å². The molecule has 0 amide bonds. The molecule has 2 aromatic heterocycles. The van der Waals surface area contributed by atoms with Gasteiger partial charge in [-0.05, 0) is 48.2 Å². The van der Waals surface area contributed by atoms with Gasteiger partial charge in [-0.25, -0.2) is 9.79 Å². The molecule has 0 fully saturated rings. The Morgan fingerprint density at radius 3 is 2.59 bits per heavy atom. The lowest BCUT2D eigenvalue weighted by Crippen LogP contribution is -2.39. The van der Waals surface area contributed by atoms with Crippen molar-refractivity contribution in [3.8, 4) is 11.5 Å². The SMILES string of the molecule is COc1ccc(OC)c(/C=c2/sc3n(c2=O)[C@@H](c2cccs2)C(C(=O)OCc2ccccc2)=C(C)N=3)c1. The lowest BCUT2D eigenvalue weighted by atomic mass is 10.0. The minimum atomic E-state index is -0.631. The molecule has 2 aromatic carbocycles. The summed E-state index contributed by atoms with van der Waals surface area (Å²) in [5.74, 6) is 0.769. The molecule has 9 heteroatoms. The first kappa shape index (κ1) is 24.7. The van der Waals surface area contributed by atoms with E-state index in [2.05, 4.69) is 4.99 Å².